The molecule has 0 amide bonds. The molecule has 1 aromatic heterocycles. The fraction of sp³-hybridized carbons (Fsp3) is 0.500. The number of hydrogen-bond acceptors (Lipinski definition) is 3. The van der Waals surface area contributed by atoms with Gasteiger partial charge in [0.2, 0.25) is 0 Å². The molecule has 0 saturated carbocycles. The maximum Gasteiger partial charge on any atom is 0.511 e. The number of aliphatic imine (C=N–C) groups is 1. The predicted molar refractivity (Wildman–Crippen MR) is 121 cm³/mol. The molecule has 2 heterocycles. The van der Waals surface area contributed by atoms with E-state index >= 15 is 0 Å². The normalized spacial score (nSPS) is 17.0. The SMILES string of the molecule is CN=C(NCc1cc2ccccc2[nH]1)NCC1CCN(S(=O)(=O)C(F)(F)F)CC1.I. The number of nitrogens with zero attached hydrogens (tertiary/aromatic N) is 2. The first-order chi connectivity index (χ1) is 13.7. The number of guanidine groups is 1. The van der Waals surface area contributed by atoms with Gasteiger partial charge < -0.3 is 15.6 Å². The summed E-state index contributed by atoms with van der Waals surface area (Å²) in [4.78, 5) is 7.47. The first kappa shape index (κ1) is 24.7. The number of rotatable bonds is 5. The molecule has 3 rings (SSSR count). The molecule has 7 nitrogen and oxygen atoms in total. The smallest absolute Gasteiger partial charge is 0.357 e. The molecule has 12 heteroatoms. The van der Waals surface area contributed by atoms with Gasteiger partial charge in [0.15, 0.2) is 5.96 Å². The summed E-state index contributed by atoms with van der Waals surface area (Å²) in [5.41, 5.74) is -3.19. The Morgan fingerprint density at radius 3 is 2.50 bits per heavy atom. The molecule has 0 unspecified atom stereocenters. The number of H-pyrrole nitrogens is 1. The lowest BCUT2D eigenvalue weighted by Gasteiger charge is -2.31. The van der Waals surface area contributed by atoms with Crippen LogP contribution in [-0.2, 0) is 16.6 Å². The lowest BCUT2D eigenvalue weighted by Crippen LogP contribution is -2.47. The quantitative estimate of drug-likeness (QED) is 0.299. The third-order valence-corrected chi connectivity index (χ3v) is 6.65. The van der Waals surface area contributed by atoms with Gasteiger partial charge in [-0.05, 0) is 36.3 Å². The lowest BCUT2D eigenvalue weighted by molar-refractivity contribution is -0.0496. The highest BCUT2D eigenvalue weighted by Gasteiger charge is 2.50. The fourth-order valence-corrected chi connectivity index (χ4v) is 4.35. The van der Waals surface area contributed by atoms with Crippen molar-refractivity contribution in [2.75, 3.05) is 26.7 Å². The maximum absolute atomic E-state index is 12.6. The molecule has 1 saturated heterocycles. The highest BCUT2D eigenvalue weighted by molar-refractivity contribution is 14.0. The van der Waals surface area contributed by atoms with E-state index in [4.69, 9.17) is 0 Å². The molecule has 168 valence electrons. The highest BCUT2D eigenvalue weighted by atomic mass is 127. The van der Waals surface area contributed by atoms with E-state index in [2.05, 4.69) is 20.6 Å². The Labute approximate surface area is 190 Å². The van der Waals surface area contributed by atoms with Crippen LogP contribution < -0.4 is 10.6 Å². The molecule has 30 heavy (non-hydrogen) atoms. The number of sulfonamides is 1. The van der Waals surface area contributed by atoms with Crippen LogP contribution in [0.1, 0.15) is 18.5 Å². The zero-order valence-electron chi connectivity index (χ0n) is 16.4. The first-order valence-corrected chi connectivity index (χ1v) is 10.7. The van der Waals surface area contributed by atoms with Gasteiger partial charge in [0, 0.05) is 37.9 Å². The van der Waals surface area contributed by atoms with Gasteiger partial charge in [-0.3, -0.25) is 4.99 Å². The van der Waals surface area contributed by atoms with E-state index in [-0.39, 0.29) is 43.0 Å². The maximum atomic E-state index is 12.6. The molecule has 1 aliphatic rings. The molecular formula is C18H25F3IN5O2S. The first-order valence-electron chi connectivity index (χ1n) is 9.28. The van der Waals surface area contributed by atoms with Crippen molar-refractivity contribution in [1.29, 1.82) is 0 Å². The number of halogens is 4. The average Bonchev–Trinajstić information content (AvgIpc) is 3.10. The van der Waals surface area contributed by atoms with Gasteiger partial charge in [0.05, 0.1) is 6.54 Å². The zero-order chi connectivity index (χ0) is 21.1. The molecule has 1 aliphatic heterocycles. The van der Waals surface area contributed by atoms with Gasteiger partial charge in [-0.15, -0.1) is 24.0 Å². The number of aromatic amines is 1. The number of alkyl halides is 3. The Balaban J connectivity index is 0.00000320. The summed E-state index contributed by atoms with van der Waals surface area (Å²) in [5.74, 6) is 0.648. The second-order valence-corrected chi connectivity index (χ2v) is 8.91. The van der Waals surface area contributed by atoms with E-state index in [1.807, 2.05) is 30.3 Å². The van der Waals surface area contributed by atoms with Crippen molar-refractivity contribution in [3.8, 4) is 0 Å². The lowest BCUT2D eigenvalue weighted by atomic mass is 9.98. The van der Waals surface area contributed by atoms with Crippen molar-refractivity contribution in [2.45, 2.75) is 24.9 Å². The minimum absolute atomic E-state index is 0. The molecule has 3 N–H and O–H groups in total. The monoisotopic (exact) mass is 559 g/mol. The van der Waals surface area contributed by atoms with Crippen LogP contribution in [0.15, 0.2) is 35.3 Å². The number of benzene rings is 1. The molecule has 0 atom stereocenters. The van der Waals surface area contributed by atoms with Crippen LogP contribution in [0, 0.1) is 5.92 Å². The van der Waals surface area contributed by atoms with Gasteiger partial charge >= 0.3 is 15.5 Å². The van der Waals surface area contributed by atoms with E-state index in [0.29, 0.717) is 36.2 Å². The van der Waals surface area contributed by atoms with Gasteiger partial charge in [0.1, 0.15) is 0 Å². The van der Waals surface area contributed by atoms with Crippen molar-refractivity contribution < 1.29 is 21.6 Å². The number of nitrogens with one attached hydrogen (secondary N) is 3. The minimum Gasteiger partial charge on any atom is -0.357 e. The Morgan fingerprint density at radius 2 is 1.90 bits per heavy atom. The number of piperidine rings is 1. The van der Waals surface area contributed by atoms with Crippen molar-refractivity contribution in [2.24, 2.45) is 10.9 Å². The van der Waals surface area contributed by atoms with E-state index < -0.39 is 15.5 Å². The van der Waals surface area contributed by atoms with Crippen molar-refractivity contribution in [3.05, 3.63) is 36.0 Å². The summed E-state index contributed by atoms with van der Waals surface area (Å²) in [5, 5.41) is 7.47. The van der Waals surface area contributed by atoms with Gasteiger partial charge in [-0.25, -0.2) is 8.42 Å². The summed E-state index contributed by atoms with van der Waals surface area (Å²) >= 11 is 0. The molecule has 0 spiro atoms. The summed E-state index contributed by atoms with van der Waals surface area (Å²) in [6, 6.07) is 10.00. The Hall–Kier alpha value is -1.54. The van der Waals surface area contributed by atoms with E-state index in [1.165, 1.54) is 0 Å². The van der Waals surface area contributed by atoms with E-state index in [9.17, 15) is 21.6 Å². The van der Waals surface area contributed by atoms with Crippen LogP contribution in [0.2, 0.25) is 0 Å². The largest absolute Gasteiger partial charge is 0.511 e. The van der Waals surface area contributed by atoms with Gasteiger partial charge in [-0.1, -0.05) is 18.2 Å². The van der Waals surface area contributed by atoms with Crippen LogP contribution in [0.5, 0.6) is 0 Å². The predicted octanol–water partition coefficient (Wildman–Crippen LogP) is 3.01. The van der Waals surface area contributed by atoms with Crippen molar-refractivity contribution in [3.63, 3.8) is 0 Å². The summed E-state index contributed by atoms with van der Waals surface area (Å²) in [6.07, 6.45) is 0.725. The molecule has 1 aromatic carbocycles. The van der Waals surface area contributed by atoms with Crippen LogP contribution >= 0.6 is 24.0 Å². The van der Waals surface area contributed by atoms with Crippen LogP contribution in [0.4, 0.5) is 13.2 Å². The van der Waals surface area contributed by atoms with Crippen molar-refractivity contribution in [1.82, 2.24) is 19.9 Å². The summed E-state index contributed by atoms with van der Waals surface area (Å²) in [7, 11) is -3.60. The number of aromatic nitrogens is 1. The zero-order valence-corrected chi connectivity index (χ0v) is 19.5. The van der Waals surface area contributed by atoms with Crippen LogP contribution in [-0.4, -0.2) is 55.9 Å². The fourth-order valence-electron chi connectivity index (χ4n) is 3.37. The van der Waals surface area contributed by atoms with Crippen molar-refractivity contribution >= 4 is 50.9 Å². The van der Waals surface area contributed by atoms with Gasteiger partial charge in [-0.2, -0.15) is 17.5 Å². The Kier molecular flexibility index (Phi) is 8.39. The summed E-state index contributed by atoms with van der Waals surface area (Å²) in [6.45, 7) is 0.785. The third kappa shape index (κ3) is 5.78. The second kappa shape index (κ2) is 10.2. The topological polar surface area (TPSA) is 89.6 Å². The van der Waals surface area contributed by atoms with Crippen LogP contribution in [0.3, 0.4) is 0 Å². The molecule has 0 bridgehead atoms. The average molecular weight is 559 g/mol. The summed E-state index contributed by atoms with van der Waals surface area (Å²) < 4.78 is 61.4. The van der Waals surface area contributed by atoms with Crippen LogP contribution in [0.25, 0.3) is 10.9 Å². The molecule has 1 fully saturated rings. The highest BCUT2D eigenvalue weighted by Crippen LogP contribution is 2.30. The third-order valence-electron chi connectivity index (χ3n) is 5.02. The Morgan fingerprint density at radius 1 is 1.23 bits per heavy atom. The molecule has 2 aromatic rings. The second-order valence-electron chi connectivity index (χ2n) is 6.98. The van der Waals surface area contributed by atoms with E-state index in [1.54, 1.807) is 7.05 Å². The number of para-hydroxylation sites is 1. The molecule has 0 radical (unpaired) electrons. The Bertz CT molecular complexity index is 937. The standard InChI is InChI=1S/C18H24F3N5O2S.HI/c1-22-17(24-12-15-10-14-4-2-3-5-16(14)25-15)23-11-13-6-8-26(9-7-13)29(27,28)18(19,20)21;/h2-5,10,13,25H,6-9,11-12H2,1H3,(H2,22,23,24);1H. The number of hydrogen-bond donors (Lipinski definition) is 3. The van der Waals surface area contributed by atoms with Gasteiger partial charge in [0.25, 0.3) is 0 Å². The molecule has 0 aliphatic carbocycles. The number of fused-ring (bicyclic) bond motifs is 1. The molecular weight excluding hydrogens is 534 g/mol. The van der Waals surface area contributed by atoms with E-state index in [0.717, 1.165) is 16.6 Å². The minimum atomic E-state index is -5.24.